The van der Waals surface area contributed by atoms with E-state index in [4.69, 9.17) is 0 Å². The molecule has 1 saturated heterocycles. The summed E-state index contributed by atoms with van der Waals surface area (Å²) in [4.78, 5) is 23.6. The Hall–Kier alpha value is -1.01. The average molecular weight is 285 g/mol. The van der Waals surface area contributed by atoms with E-state index in [0.717, 1.165) is 17.1 Å². The minimum atomic E-state index is -1.09. The molecule has 1 fully saturated rings. The van der Waals surface area contributed by atoms with E-state index >= 15 is 0 Å². The van der Waals surface area contributed by atoms with Gasteiger partial charge in [0.2, 0.25) is 0 Å². The summed E-state index contributed by atoms with van der Waals surface area (Å²) >= 11 is 3.18. The summed E-state index contributed by atoms with van der Waals surface area (Å²) < 4.78 is 0. The van der Waals surface area contributed by atoms with Crippen LogP contribution >= 0.6 is 23.1 Å². The summed E-state index contributed by atoms with van der Waals surface area (Å²) in [5.41, 5.74) is 0.388. The van der Waals surface area contributed by atoms with E-state index in [1.54, 1.807) is 17.1 Å². The highest BCUT2D eigenvalue weighted by molar-refractivity contribution is 7.99. The van der Waals surface area contributed by atoms with Crippen molar-refractivity contribution >= 4 is 35.0 Å². The van der Waals surface area contributed by atoms with Crippen molar-refractivity contribution in [1.82, 2.24) is 5.32 Å². The smallest absolute Gasteiger partial charge is 0.329 e. The Morgan fingerprint density at radius 1 is 1.33 bits per heavy atom. The summed E-state index contributed by atoms with van der Waals surface area (Å²) in [5.74, 6) is 0.344. The predicted molar refractivity (Wildman–Crippen MR) is 73.4 cm³/mol. The van der Waals surface area contributed by atoms with Crippen molar-refractivity contribution in [2.24, 2.45) is 0 Å². The highest BCUT2D eigenvalue weighted by Gasteiger charge is 2.41. The first kappa shape index (κ1) is 13.4. The monoisotopic (exact) mass is 285 g/mol. The molecule has 1 aromatic rings. The second kappa shape index (κ2) is 5.32. The lowest BCUT2D eigenvalue weighted by Gasteiger charge is -2.33. The van der Waals surface area contributed by atoms with Gasteiger partial charge < -0.3 is 10.4 Å². The van der Waals surface area contributed by atoms with Crippen molar-refractivity contribution in [3.05, 3.63) is 21.9 Å². The van der Waals surface area contributed by atoms with Crippen molar-refractivity contribution in [2.75, 3.05) is 11.5 Å². The maximum Gasteiger partial charge on any atom is 0.329 e. The fourth-order valence-electron chi connectivity index (χ4n) is 1.99. The van der Waals surface area contributed by atoms with E-state index in [9.17, 15) is 14.7 Å². The molecule has 4 nitrogen and oxygen atoms in total. The molecule has 1 aromatic heterocycles. The molecule has 1 amide bonds. The third kappa shape index (κ3) is 2.54. The summed E-state index contributed by atoms with van der Waals surface area (Å²) in [5, 5.41) is 15.8. The van der Waals surface area contributed by atoms with E-state index < -0.39 is 11.5 Å². The third-order valence-corrected chi connectivity index (χ3v) is 5.06. The number of thioether (sulfide) groups is 1. The topological polar surface area (TPSA) is 66.4 Å². The Bertz CT molecular complexity index is 464. The Labute approximate surface area is 114 Å². The van der Waals surface area contributed by atoms with Crippen LogP contribution in [0, 0.1) is 6.92 Å². The van der Waals surface area contributed by atoms with Crippen LogP contribution in [0.2, 0.25) is 0 Å². The molecule has 0 atom stereocenters. The molecule has 2 heterocycles. The van der Waals surface area contributed by atoms with Crippen LogP contribution in [0.5, 0.6) is 0 Å². The molecule has 2 N–H and O–H groups in total. The van der Waals surface area contributed by atoms with Gasteiger partial charge in [-0.3, -0.25) is 4.79 Å². The maximum atomic E-state index is 12.1. The Morgan fingerprint density at radius 3 is 2.50 bits per heavy atom. The number of carboxylic acid groups (broad SMARTS) is 1. The number of rotatable bonds is 3. The second-order valence-electron chi connectivity index (χ2n) is 4.42. The molecule has 0 aromatic carbocycles. The van der Waals surface area contributed by atoms with E-state index in [0.29, 0.717) is 18.4 Å². The standard InChI is InChI=1S/C12H15NO3S2/c1-8-6-18-7-9(8)10(14)13-12(11(15)16)2-4-17-5-3-12/h6-7H,2-5H2,1H3,(H,13,14)(H,15,16). The van der Waals surface area contributed by atoms with E-state index in [-0.39, 0.29) is 5.91 Å². The maximum absolute atomic E-state index is 12.1. The first-order chi connectivity index (χ1) is 8.55. The van der Waals surface area contributed by atoms with Crippen molar-refractivity contribution in [2.45, 2.75) is 25.3 Å². The molecule has 6 heteroatoms. The van der Waals surface area contributed by atoms with Crippen LogP contribution in [-0.2, 0) is 4.79 Å². The number of aliphatic carboxylic acids is 1. The Balaban J connectivity index is 2.17. The van der Waals surface area contributed by atoms with Gasteiger partial charge in [0.25, 0.3) is 5.91 Å². The zero-order valence-electron chi connectivity index (χ0n) is 10.1. The molecular weight excluding hydrogens is 270 g/mol. The van der Waals surface area contributed by atoms with Gasteiger partial charge in [-0.15, -0.1) is 0 Å². The number of carboxylic acids is 1. The van der Waals surface area contributed by atoms with Gasteiger partial charge in [-0.25, -0.2) is 4.79 Å². The van der Waals surface area contributed by atoms with Gasteiger partial charge in [0.15, 0.2) is 0 Å². The zero-order valence-corrected chi connectivity index (χ0v) is 11.7. The predicted octanol–water partition coefficient (Wildman–Crippen LogP) is 2.14. The highest BCUT2D eigenvalue weighted by Crippen LogP contribution is 2.28. The molecule has 2 rings (SSSR count). The summed E-state index contributed by atoms with van der Waals surface area (Å²) in [6, 6.07) is 0. The highest BCUT2D eigenvalue weighted by atomic mass is 32.2. The number of hydrogen-bond acceptors (Lipinski definition) is 4. The Morgan fingerprint density at radius 2 is 2.00 bits per heavy atom. The molecule has 1 aliphatic heterocycles. The molecule has 0 unspecified atom stereocenters. The molecule has 0 saturated carbocycles. The second-order valence-corrected chi connectivity index (χ2v) is 6.39. The fourth-order valence-corrected chi connectivity index (χ4v) is 4.01. The number of hydrogen-bond donors (Lipinski definition) is 2. The number of amides is 1. The van der Waals surface area contributed by atoms with Crippen LogP contribution < -0.4 is 5.32 Å². The number of carbonyl (C=O) groups excluding carboxylic acids is 1. The molecule has 0 aliphatic carbocycles. The van der Waals surface area contributed by atoms with Crippen LogP contribution in [0.3, 0.4) is 0 Å². The molecule has 1 aliphatic rings. The first-order valence-corrected chi connectivity index (χ1v) is 7.81. The molecule has 18 heavy (non-hydrogen) atoms. The van der Waals surface area contributed by atoms with Gasteiger partial charge in [-0.05, 0) is 42.2 Å². The molecule has 0 spiro atoms. The van der Waals surface area contributed by atoms with Gasteiger partial charge in [-0.1, -0.05) is 0 Å². The first-order valence-electron chi connectivity index (χ1n) is 5.72. The number of thiophene rings is 1. The van der Waals surface area contributed by atoms with E-state index in [2.05, 4.69) is 5.32 Å². The van der Waals surface area contributed by atoms with E-state index in [1.165, 1.54) is 11.3 Å². The SMILES string of the molecule is Cc1cscc1C(=O)NC1(C(=O)O)CCSCC1. The van der Waals surface area contributed by atoms with Crippen LogP contribution in [-0.4, -0.2) is 34.0 Å². The number of nitrogens with one attached hydrogen (secondary N) is 1. The van der Waals surface area contributed by atoms with Crippen molar-refractivity contribution in [3.8, 4) is 0 Å². The molecule has 98 valence electrons. The van der Waals surface area contributed by atoms with Crippen LogP contribution in [0.15, 0.2) is 10.8 Å². The van der Waals surface area contributed by atoms with Crippen LogP contribution in [0.1, 0.15) is 28.8 Å². The lowest BCUT2D eigenvalue weighted by molar-refractivity contribution is -0.144. The third-order valence-electron chi connectivity index (χ3n) is 3.21. The number of aryl methyl sites for hydroxylation is 1. The van der Waals surface area contributed by atoms with Gasteiger partial charge >= 0.3 is 5.97 Å². The van der Waals surface area contributed by atoms with Gasteiger partial charge in [0.1, 0.15) is 5.54 Å². The quantitative estimate of drug-likeness (QED) is 0.893. The van der Waals surface area contributed by atoms with E-state index in [1.807, 2.05) is 12.3 Å². The number of carbonyl (C=O) groups is 2. The minimum absolute atomic E-state index is 0.275. The molecule has 0 bridgehead atoms. The fraction of sp³-hybridized carbons (Fsp3) is 0.500. The normalized spacial score (nSPS) is 18.3. The van der Waals surface area contributed by atoms with Crippen molar-refractivity contribution in [1.29, 1.82) is 0 Å². The van der Waals surface area contributed by atoms with Gasteiger partial charge in [0, 0.05) is 5.38 Å². The van der Waals surface area contributed by atoms with Crippen molar-refractivity contribution in [3.63, 3.8) is 0 Å². The van der Waals surface area contributed by atoms with Crippen LogP contribution in [0.4, 0.5) is 0 Å². The molecule has 0 radical (unpaired) electrons. The zero-order chi connectivity index (χ0) is 13.2. The molecular formula is C12H15NO3S2. The average Bonchev–Trinajstić information content (AvgIpc) is 2.76. The Kier molecular flexibility index (Phi) is 3.97. The van der Waals surface area contributed by atoms with Crippen molar-refractivity contribution < 1.29 is 14.7 Å². The van der Waals surface area contributed by atoms with Crippen LogP contribution in [0.25, 0.3) is 0 Å². The summed E-state index contributed by atoms with van der Waals surface area (Å²) in [6.07, 6.45) is 0.976. The lowest BCUT2D eigenvalue weighted by Crippen LogP contribution is -2.56. The summed E-state index contributed by atoms with van der Waals surface area (Å²) in [7, 11) is 0. The minimum Gasteiger partial charge on any atom is -0.480 e. The largest absolute Gasteiger partial charge is 0.480 e. The summed E-state index contributed by atoms with van der Waals surface area (Å²) in [6.45, 7) is 1.86. The van der Waals surface area contributed by atoms with Gasteiger partial charge in [0.05, 0.1) is 5.56 Å². The van der Waals surface area contributed by atoms with Gasteiger partial charge in [-0.2, -0.15) is 23.1 Å². The lowest BCUT2D eigenvalue weighted by atomic mass is 9.92.